The average molecular weight is 839 g/mol. The fourth-order valence-electron chi connectivity index (χ4n) is 4.49. The summed E-state index contributed by atoms with van der Waals surface area (Å²) >= 11 is 1.01. The zero-order chi connectivity index (χ0) is 39.8. The number of aliphatic hydroxyl groups excluding tert-OH is 2. The molecular formula is C24H41N8O17P3S. The van der Waals surface area contributed by atoms with Crippen molar-refractivity contribution in [2.24, 2.45) is 11.1 Å². The van der Waals surface area contributed by atoms with E-state index in [-0.39, 0.29) is 54.6 Å². The molecule has 0 aromatic carbocycles. The number of nitrogens with zero attached hydrogens (tertiary/aromatic N) is 4. The van der Waals surface area contributed by atoms with Gasteiger partial charge in [-0.2, -0.15) is 4.31 Å². The Balaban J connectivity index is 1.52. The first kappa shape index (κ1) is 44.9. The molecule has 1 aliphatic heterocycles. The van der Waals surface area contributed by atoms with E-state index < -0.39 is 84.6 Å². The van der Waals surface area contributed by atoms with Crippen molar-refractivity contribution in [2.45, 2.75) is 57.3 Å². The van der Waals surface area contributed by atoms with Crippen LogP contribution in [0.1, 0.15) is 32.9 Å². The number of nitrogens with two attached hydrogens (primary N) is 2. The van der Waals surface area contributed by atoms with Gasteiger partial charge in [0.25, 0.3) is 0 Å². The molecule has 0 spiro atoms. The Morgan fingerprint density at radius 2 is 1.74 bits per heavy atom. The van der Waals surface area contributed by atoms with Crippen molar-refractivity contribution in [3.8, 4) is 0 Å². The van der Waals surface area contributed by atoms with E-state index in [1.807, 2.05) is 0 Å². The largest absolute Gasteiger partial charge is 0.481 e. The Morgan fingerprint density at radius 3 is 2.40 bits per heavy atom. The van der Waals surface area contributed by atoms with Crippen LogP contribution in [-0.4, -0.2) is 129 Å². The molecule has 0 saturated carbocycles. The number of thioether (sulfide) groups is 1. The van der Waals surface area contributed by atoms with Gasteiger partial charge in [-0.3, -0.25) is 32.5 Å². The van der Waals surface area contributed by atoms with E-state index in [0.29, 0.717) is 5.75 Å². The summed E-state index contributed by atoms with van der Waals surface area (Å²) in [5, 5.41) is 26.1. The highest BCUT2D eigenvalue weighted by Crippen LogP contribution is 2.61. The molecule has 25 nitrogen and oxygen atoms in total. The summed E-state index contributed by atoms with van der Waals surface area (Å²) in [7, 11) is -16.4. The molecule has 300 valence electrons. The van der Waals surface area contributed by atoms with Crippen LogP contribution in [-0.2, 0) is 50.7 Å². The van der Waals surface area contributed by atoms with Gasteiger partial charge in [0, 0.05) is 43.6 Å². The number of amides is 2. The molecule has 53 heavy (non-hydrogen) atoms. The number of phosphoric acid groups is 3. The molecule has 1 saturated heterocycles. The lowest BCUT2D eigenvalue weighted by Crippen LogP contribution is -2.46. The third kappa shape index (κ3) is 13.6. The van der Waals surface area contributed by atoms with Crippen LogP contribution in [0.15, 0.2) is 12.7 Å². The molecule has 2 aromatic heterocycles. The number of hydrogen-bond acceptors (Lipinski definition) is 19. The summed E-state index contributed by atoms with van der Waals surface area (Å²) in [6.07, 6.45) is -6.72. The van der Waals surface area contributed by atoms with Gasteiger partial charge >= 0.3 is 23.5 Å². The van der Waals surface area contributed by atoms with Crippen LogP contribution < -0.4 is 22.1 Å². The monoisotopic (exact) mass is 838 g/mol. The molecule has 1 fully saturated rings. The highest BCUT2D eigenvalue weighted by atomic mass is 32.2. The predicted molar refractivity (Wildman–Crippen MR) is 181 cm³/mol. The Hall–Kier alpha value is -2.48. The van der Waals surface area contributed by atoms with E-state index in [9.17, 15) is 57.9 Å². The fraction of sp³-hybridized carbons (Fsp3) is 0.667. The number of hydrogen-bond donors (Lipinski definition) is 10. The van der Waals surface area contributed by atoms with Gasteiger partial charge in [-0.05, 0) is 0 Å². The normalized spacial score (nSPS) is 22.2. The van der Waals surface area contributed by atoms with Crippen molar-refractivity contribution < 1.29 is 80.5 Å². The van der Waals surface area contributed by atoms with Crippen molar-refractivity contribution in [3.63, 3.8) is 0 Å². The molecule has 0 aliphatic carbocycles. The van der Waals surface area contributed by atoms with Crippen molar-refractivity contribution in [1.29, 1.82) is 0 Å². The molecule has 1 aliphatic rings. The molecule has 12 N–H and O–H groups in total. The molecular weight excluding hydrogens is 797 g/mol. The number of phosphoric ester groups is 3. The summed E-state index contributed by atoms with van der Waals surface area (Å²) in [6.45, 7) is 0.673. The van der Waals surface area contributed by atoms with Crippen molar-refractivity contribution in [2.75, 3.05) is 44.3 Å². The molecule has 2 aromatic rings. The van der Waals surface area contributed by atoms with Gasteiger partial charge in [-0.1, -0.05) is 25.6 Å². The molecule has 7 atom stereocenters. The Morgan fingerprint density at radius 1 is 1.06 bits per heavy atom. The SMILES string of the molecule is CC(C)(COP(=O)(O)OP(=O)(O)OCC1OC(n2cnc3c(N)ncnc32)C(O)C1OP(=O)(O)O)C(O)C(=O)NCCC(=O)NCCSC(=O)CCN. The van der Waals surface area contributed by atoms with E-state index in [2.05, 4.69) is 34.4 Å². The first-order chi connectivity index (χ1) is 24.6. The van der Waals surface area contributed by atoms with Crippen LogP contribution in [0.3, 0.4) is 0 Å². The third-order valence-electron chi connectivity index (χ3n) is 7.11. The molecule has 0 bridgehead atoms. The number of aromatic nitrogens is 4. The lowest BCUT2D eigenvalue weighted by Gasteiger charge is -2.30. The van der Waals surface area contributed by atoms with Gasteiger partial charge in [0.2, 0.25) is 11.8 Å². The highest BCUT2D eigenvalue weighted by molar-refractivity contribution is 8.13. The summed E-state index contributed by atoms with van der Waals surface area (Å²) in [6, 6.07) is 0. The van der Waals surface area contributed by atoms with Crippen LogP contribution in [0.5, 0.6) is 0 Å². The topological polar surface area (TPSA) is 390 Å². The summed E-state index contributed by atoms with van der Waals surface area (Å²) in [4.78, 5) is 86.7. The summed E-state index contributed by atoms with van der Waals surface area (Å²) in [5.41, 5.74) is 9.54. The van der Waals surface area contributed by atoms with Gasteiger partial charge in [0.15, 0.2) is 22.8 Å². The van der Waals surface area contributed by atoms with Gasteiger partial charge < -0.3 is 56.6 Å². The molecule has 0 radical (unpaired) electrons. The van der Waals surface area contributed by atoms with Crippen LogP contribution in [0.2, 0.25) is 0 Å². The minimum absolute atomic E-state index is 0.0288. The molecule has 3 heterocycles. The van der Waals surface area contributed by atoms with Crippen molar-refractivity contribution in [1.82, 2.24) is 30.2 Å². The number of imidazole rings is 1. The molecule has 2 amide bonds. The summed E-state index contributed by atoms with van der Waals surface area (Å²) < 4.78 is 61.9. The maximum absolute atomic E-state index is 12.6. The zero-order valence-corrected chi connectivity index (χ0v) is 31.6. The number of nitrogens with one attached hydrogen (secondary N) is 2. The zero-order valence-electron chi connectivity index (χ0n) is 28.1. The fourth-order valence-corrected chi connectivity index (χ4v) is 8.01. The van der Waals surface area contributed by atoms with E-state index in [1.54, 1.807) is 0 Å². The Labute approximate surface area is 304 Å². The van der Waals surface area contributed by atoms with Crippen molar-refractivity contribution >= 4 is 69.1 Å². The number of carbonyl (C=O) groups is 3. The maximum Gasteiger partial charge on any atom is 0.481 e. The minimum Gasteiger partial charge on any atom is -0.386 e. The Kier molecular flexibility index (Phi) is 16.0. The van der Waals surface area contributed by atoms with Gasteiger partial charge in [0.1, 0.15) is 36.3 Å². The number of fused-ring (bicyclic) bond motifs is 1. The second kappa shape index (κ2) is 18.9. The molecule has 7 unspecified atom stereocenters. The quantitative estimate of drug-likeness (QED) is 0.0480. The smallest absolute Gasteiger partial charge is 0.386 e. The predicted octanol–water partition coefficient (Wildman–Crippen LogP) is -1.99. The van der Waals surface area contributed by atoms with E-state index in [4.69, 9.17) is 25.3 Å². The van der Waals surface area contributed by atoms with Crippen molar-refractivity contribution in [3.05, 3.63) is 12.7 Å². The minimum atomic E-state index is -5.57. The number of aliphatic hydroxyl groups is 2. The number of rotatable bonds is 21. The van der Waals surface area contributed by atoms with E-state index in [0.717, 1.165) is 29.0 Å². The molecule has 3 rings (SSSR count). The number of anilines is 1. The van der Waals surface area contributed by atoms with Crippen LogP contribution in [0.4, 0.5) is 5.82 Å². The lowest BCUT2D eigenvalue weighted by molar-refractivity contribution is -0.137. The lowest BCUT2D eigenvalue weighted by atomic mass is 9.87. The van der Waals surface area contributed by atoms with Crippen LogP contribution in [0.25, 0.3) is 11.2 Å². The number of nitrogen functional groups attached to an aromatic ring is 1. The van der Waals surface area contributed by atoms with E-state index in [1.165, 1.54) is 13.8 Å². The van der Waals surface area contributed by atoms with Gasteiger partial charge in [-0.25, -0.2) is 28.6 Å². The first-order valence-corrected chi connectivity index (χ1v) is 20.8. The van der Waals surface area contributed by atoms with Crippen LogP contribution in [0, 0.1) is 5.41 Å². The maximum atomic E-state index is 12.6. The number of ether oxygens (including phenoxy) is 1. The van der Waals surface area contributed by atoms with Gasteiger partial charge in [-0.15, -0.1) is 0 Å². The van der Waals surface area contributed by atoms with Crippen LogP contribution >= 0.6 is 35.2 Å². The van der Waals surface area contributed by atoms with E-state index >= 15 is 0 Å². The second-order valence-corrected chi connectivity index (χ2v) is 17.2. The molecule has 29 heteroatoms. The Bertz CT molecular complexity index is 1750. The standard InChI is InChI=1S/C24H41N8O17P3S/c1-24(2,19(36)22(37)28-6-4-14(33)27-7-8-53-15(34)3-5-25)10-46-52(43,44)49-51(41,42)45-9-13-18(48-50(38,39)40)17(35)23(47-13)32-12-31-16-20(26)29-11-30-21(16)32/h11-13,17-19,23,35-36H,3-10,25H2,1-2H3,(H,27,33)(H,28,37)(H,41,42)(H,43,44)(H2,26,29,30)(H2,38,39,40). The van der Waals surface area contributed by atoms with Gasteiger partial charge in [0.05, 0.1) is 19.5 Å². The average Bonchev–Trinajstić information content (AvgIpc) is 3.61. The summed E-state index contributed by atoms with van der Waals surface area (Å²) in [5.74, 6) is -1.15. The second-order valence-electron chi connectivity index (χ2n) is 11.8. The highest BCUT2D eigenvalue weighted by Gasteiger charge is 2.50. The third-order valence-corrected chi connectivity index (χ3v) is 11.1. The number of carbonyl (C=O) groups excluding carboxylic acids is 3. The first-order valence-electron chi connectivity index (χ1n) is 15.3.